The van der Waals surface area contributed by atoms with Gasteiger partial charge >= 0.3 is 0 Å². The third-order valence-corrected chi connectivity index (χ3v) is 2.15. The molecule has 0 aromatic carbocycles. The molecule has 0 amide bonds. The Balaban J connectivity index is 2.16. The quantitative estimate of drug-likeness (QED) is 0.823. The van der Waals surface area contributed by atoms with Crippen LogP contribution in [-0.4, -0.2) is 21.8 Å². The number of aryl methyl sites for hydroxylation is 1. The van der Waals surface area contributed by atoms with Crippen LogP contribution >= 0.6 is 0 Å². The first kappa shape index (κ1) is 9.71. The summed E-state index contributed by atoms with van der Waals surface area (Å²) in [4.78, 5) is 4.42. The summed E-state index contributed by atoms with van der Waals surface area (Å²) in [6, 6.07) is 5.93. The molecule has 2 heterocycles. The van der Waals surface area contributed by atoms with Crippen molar-refractivity contribution in [1.82, 2.24) is 14.8 Å². The second kappa shape index (κ2) is 4.13. The van der Waals surface area contributed by atoms with Crippen molar-refractivity contribution in [2.75, 3.05) is 12.4 Å². The van der Waals surface area contributed by atoms with E-state index in [-0.39, 0.29) is 0 Å². The fraction of sp³-hybridized carbons (Fsp3) is 0.273. The van der Waals surface area contributed by atoms with Gasteiger partial charge in [0.15, 0.2) is 0 Å². The SMILES string of the molecule is CNc1cccc(Cn2cc(C)cn2)n1. The minimum absolute atomic E-state index is 0.712. The molecule has 15 heavy (non-hydrogen) atoms. The van der Waals surface area contributed by atoms with E-state index in [2.05, 4.69) is 15.4 Å². The second-order valence-corrected chi connectivity index (χ2v) is 3.48. The fourth-order valence-electron chi connectivity index (χ4n) is 1.43. The maximum Gasteiger partial charge on any atom is 0.126 e. The number of hydrogen-bond donors (Lipinski definition) is 1. The van der Waals surface area contributed by atoms with E-state index in [0.29, 0.717) is 6.54 Å². The zero-order valence-corrected chi connectivity index (χ0v) is 8.94. The van der Waals surface area contributed by atoms with Gasteiger partial charge in [-0.25, -0.2) is 4.98 Å². The van der Waals surface area contributed by atoms with Crippen molar-refractivity contribution < 1.29 is 0 Å². The first-order chi connectivity index (χ1) is 7.28. The minimum atomic E-state index is 0.712. The highest BCUT2D eigenvalue weighted by atomic mass is 15.3. The Bertz CT molecular complexity index is 447. The summed E-state index contributed by atoms with van der Waals surface area (Å²) in [7, 11) is 1.87. The van der Waals surface area contributed by atoms with E-state index >= 15 is 0 Å². The molecule has 0 radical (unpaired) electrons. The van der Waals surface area contributed by atoms with E-state index in [1.807, 2.05) is 49.2 Å². The molecule has 0 aliphatic rings. The monoisotopic (exact) mass is 202 g/mol. The maximum atomic E-state index is 4.42. The molecule has 4 heteroatoms. The summed E-state index contributed by atoms with van der Waals surface area (Å²) in [6.45, 7) is 2.74. The topological polar surface area (TPSA) is 42.7 Å². The van der Waals surface area contributed by atoms with Crippen molar-refractivity contribution >= 4 is 5.82 Å². The summed E-state index contributed by atoms with van der Waals surface area (Å²) < 4.78 is 1.89. The molecule has 0 spiro atoms. The number of nitrogens with zero attached hydrogens (tertiary/aromatic N) is 3. The largest absolute Gasteiger partial charge is 0.373 e. The molecule has 2 aromatic heterocycles. The maximum absolute atomic E-state index is 4.42. The Morgan fingerprint density at radius 1 is 1.40 bits per heavy atom. The molecule has 4 nitrogen and oxygen atoms in total. The average molecular weight is 202 g/mol. The Labute approximate surface area is 89.0 Å². The third-order valence-electron chi connectivity index (χ3n) is 2.15. The zero-order chi connectivity index (χ0) is 10.7. The molecule has 78 valence electrons. The van der Waals surface area contributed by atoms with E-state index in [0.717, 1.165) is 11.5 Å². The van der Waals surface area contributed by atoms with Crippen LogP contribution in [0, 0.1) is 6.92 Å². The number of pyridine rings is 1. The average Bonchev–Trinajstić information content (AvgIpc) is 2.64. The van der Waals surface area contributed by atoms with Crippen LogP contribution in [0.25, 0.3) is 0 Å². The summed E-state index contributed by atoms with van der Waals surface area (Å²) in [5.41, 5.74) is 2.17. The van der Waals surface area contributed by atoms with Gasteiger partial charge in [-0.3, -0.25) is 4.68 Å². The molecule has 0 bridgehead atoms. The molecule has 0 saturated carbocycles. The van der Waals surface area contributed by atoms with Crippen LogP contribution in [0.4, 0.5) is 5.82 Å². The van der Waals surface area contributed by atoms with E-state index in [1.165, 1.54) is 5.56 Å². The fourth-order valence-corrected chi connectivity index (χ4v) is 1.43. The Hall–Kier alpha value is -1.84. The van der Waals surface area contributed by atoms with Crippen LogP contribution in [0.3, 0.4) is 0 Å². The molecule has 0 aliphatic carbocycles. The second-order valence-electron chi connectivity index (χ2n) is 3.48. The summed E-state index contributed by atoms with van der Waals surface area (Å²) in [5.74, 6) is 0.886. The van der Waals surface area contributed by atoms with Gasteiger partial charge in [0.05, 0.1) is 18.4 Å². The van der Waals surface area contributed by atoms with Crippen molar-refractivity contribution in [2.45, 2.75) is 13.5 Å². The van der Waals surface area contributed by atoms with Gasteiger partial charge in [0.1, 0.15) is 5.82 Å². The molecule has 0 unspecified atom stereocenters. The Kier molecular flexibility index (Phi) is 2.67. The van der Waals surface area contributed by atoms with E-state index < -0.39 is 0 Å². The number of rotatable bonds is 3. The van der Waals surface area contributed by atoms with Gasteiger partial charge in [-0.1, -0.05) is 6.07 Å². The standard InChI is InChI=1S/C11H14N4/c1-9-6-13-15(7-9)8-10-4-3-5-11(12-2)14-10/h3-7H,8H2,1-2H3,(H,12,14). The van der Waals surface area contributed by atoms with Crippen molar-refractivity contribution in [2.24, 2.45) is 0 Å². The van der Waals surface area contributed by atoms with Crippen LogP contribution in [0.5, 0.6) is 0 Å². The summed E-state index contributed by atoms with van der Waals surface area (Å²) in [5, 5.41) is 7.24. The molecule has 0 aliphatic heterocycles. The normalized spacial score (nSPS) is 10.3. The van der Waals surface area contributed by atoms with Crippen molar-refractivity contribution in [3.8, 4) is 0 Å². The molecular weight excluding hydrogens is 188 g/mol. The highest BCUT2D eigenvalue weighted by Gasteiger charge is 1.98. The smallest absolute Gasteiger partial charge is 0.126 e. The van der Waals surface area contributed by atoms with Crippen LogP contribution in [0.15, 0.2) is 30.6 Å². The minimum Gasteiger partial charge on any atom is -0.373 e. The van der Waals surface area contributed by atoms with Crippen LogP contribution < -0.4 is 5.32 Å². The highest BCUT2D eigenvalue weighted by Crippen LogP contribution is 2.05. The molecule has 1 N–H and O–H groups in total. The zero-order valence-electron chi connectivity index (χ0n) is 8.94. The van der Waals surface area contributed by atoms with E-state index in [1.54, 1.807) is 0 Å². The van der Waals surface area contributed by atoms with Crippen LogP contribution in [0.1, 0.15) is 11.3 Å². The van der Waals surface area contributed by atoms with Gasteiger partial charge in [-0.05, 0) is 24.6 Å². The van der Waals surface area contributed by atoms with Gasteiger partial charge in [0.2, 0.25) is 0 Å². The molecule has 2 rings (SSSR count). The van der Waals surface area contributed by atoms with E-state index in [9.17, 15) is 0 Å². The van der Waals surface area contributed by atoms with Crippen LogP contribution in [-0.2, 0) is 6.54 Å². The number of hydrogen-bond acceptors (Lipinski definition) is 3. The van der Waals surface area contributed by atoms with Gasteiger partial charge in [0, 0.05) is 13.2 Å². The lowest BCUT2D eigenvalue weighted by atomic mass is 10.3. The van der Waals surface area contributed by atoms with E-state index in [4.69, 9.17) is 0 Å². The first-order valence-corrected chi connectivity index (χ1v) is 4.90. The highest BCUT2D eigenvalue weighted by molar-refractivity contribution is 5.34. The molecular formula is C11H14N4. The summed E-state index contributed by atoms with van der Waals surface area (Å²) >= 11 is 0. The van der Waals surface area contributed by atoms with Gasteiger partial charge in [-0.15, -0.1) is 0 Å². The molecule has 0 atom stereocenters. The lowest BCUT2D eigenvalue weighted by molar-refractivity contribution is 0.673. The Morgan fingerprint density at radius 3 is 2.93 bits per heavy atom. The lowest BCUT2D eigenvalue weighted by Crippen LogP contribution is -2.03. The predicted octanol–water partition coefficient (Wildman–Crippen LogP) is 1.68. The van der Waals surface area contributed by atoms with Crippen LogP contribution in [0.2, 0.25) is 0 Å². The molecule has 2 aromatic rings. The molecule has 0 saturated heterocycles. The number of nitrogens with one attached hydrogen (secondary N) is 1. The molecule has 0 fully saturated rings. The third kappa shape index (κ3) is 2.34. The first-order valence-electron chi connectivity index (χ1n) is 4.90. The summed E-state index contributed by atoms with van der Waals surface area (Å²) in [6.07, 6.45) is 3.86. The lowest BCUT2D eigenvalue weighted by Gasteiger charge is -2.03. The van der Waals surface area contributed by atoms with Crippen molar-refractivity contribution in [3.63, 3.8) is 0 Å². The number of aromatic nitrogens is 3. The Morgan fingerprint density at radius 2 is 2.27 bits per heavy atom. The van der Waals surface area contributed by atoms with Gasteiger partial charge in [-0.2, -0.15) is 5.10 Å². The van der Waals surface area contributed by atoms with Gasteiger partial charge < -0.3 is 5.32 Å². The number of anilines is 1. The van der Waals surface area contributed by atoms with Crippen molar-refractivity contribution in [3.05, 3.63) is 41.9 Å². The van der Waals surface area contributed by atoms with Crippen molar-refractivity contribution in [1.29, 1.82) is 0 Å². The predicted molar refractivity (Wildman–Crippen MR) is 59.8 cm³/mol. The van der Waals surface area contributed by atoms with Gasteiger partial charge in [0.25, 0.3) is 0 Å².